The van der Waals surface area contributed by atoms with E-state index >= 15 is 0 Å². The van der Waals surface area contributed by atoms with Crippen LogP contribution in [0.1, 0.15) is 20.3 Å². The van der Waals surface area contributed by atoms with Crippen LogP contribution in [0, 0.1) is 5.21 Å². The molecule has 0 saturated carbocycles. The van der Waals surface area contributed by atoms with Crippen LogP contribution in [0.3, 0.4) is 0 Å². The molecule has 0 spiro atoms. The molecule has 0 aromatic heterocycles. The van der Waals surface area contributed by atoms with E-state index in [-0.39, 0.29) is 6.54 Å². The highest BCUT2D eigenvalue weighted by Gasteiger charge is 2.11. The average Bonchev–Trinajstić information content (AvgIpc) is 1.81. The number of hydrogen-bond donors (Lipinski definition) is 1. The zero-order valence-corrected chi connectivity index (χ0v) is 6.63. The van der Waals surface area contributed by atoms with E-state index < -0.39 is 5.60 Å². The molecule has 0 bridgehead atoms. The molecule has 0 atom stereocenters. The molecule has 0 aliphatic rings. The van der Waals surface area contributed by atoms with Gasteiger partial charge in [-0.15, -0.1) is 0 Å². The van der Waals surface area contributed by atoms with Gasteiger partial charge in [0, 0.05) is 6.54 Å². The normalized spacial score (nSPS) is 12.6. The minimum Gasteiger partial charge on any atom is -0.762 e. The Hall–Kier alpha value is -0.160. The van der Waals surface area contributed by atoms with E-state index in [1.165, 1.54) is 7.11 Å². The molecule has 10 heavy (non-hydrogen) atoms. The molecular weight excluding hydrogens is 134 g/mol. The summed E-state index contributed by atoms with van der Waals surface area (Å²) in [5, 5.41) is 20.0. The van der Waals surface area contributed by atoms with Gasteiger partial charge < -0.3 is 15.2 Å². The van der Waals surface area contributed by atoms with Gasteiger partial charge in [-0.05, 0) is 20.3 Å². The molecule has 0 radical (unpaired) electrons. The first-order chi connectivity index (χ1) is 4.45. The Kier molecular flexibility index (Phi) is 3.81. The Labute approximate surface area is 60.9 Å². The van der Waals surface area contributed by atoms with E-state index in [1.54, 1.807) is 13.8 Å². The zero-order chi connectivity index (χ0) is 8.20. The number of aliphatic hydroxyl groups is 1. The molecule has 0 aliphatic heterocycles. The minimum absolute atomic E-state index is 0.194. The summed E-state index contributed by atoms with van der Waals surface area (Å²) in [7, 11) is 1.30. The summed E-state index contributed by atoms with van der Waals surface area (Å²) in [4.78, 5) is 4.31. The van der Waals surface area contributed by atoms with Crippen molar-refractivity contribution >= 4 is 0 Å². The number of nitrogens with zero attached hydrogens (tertiary/aromatic N) is 1. The molecule has 1 N–H and O–H groups in total. The monoisotopic (exact) mass is 148 g/mol. The van der Waals surface area contributed by atoms with Crippen LogP contribution in [0.25, 0.3) is 0 Å². The van der Waals surface area contributed by atoms with E-state index in [0.29, 0.717) is 11.6 Å². The van der Waals surface area contributed by atoms with Gasteiger partial charge in [-0.3, -0.25) is 5.23 Å². The highest BCUT2D eigenvalue weighted by atomic mass is 16.9. The van der Waals surface area contributed by atoms with Gasteiger partial charge in [-0.25, -0.2) is 0 Å². The first-order valence-electron chi connectivity index (χ1n) is 3.17. The van der Waals surface area contributed by atoms with E-state index in [9.17, 15) is 5.21 Å². The summed E-state index contributed by atoms with van der Waals surface area (Å²) in [5.41, 5.74) is -0.790. The van der Waals surface area contributed by atoms with Crippen LogP contribution >= 0.6 is 0 Å². The average molecular weight is 148 g/mol. The highest BCUT2D eigenvalue weighted by Crippen LogP contribution is 2.07. The van der Waals surface area contributed by atoms with Gasteiger partial charge in [0.15, 0.2) is 0 Å². The third-order valence-electron chi connectivity index (χ3n) is 1.11. The van der Waals surface area contributed by atoms with E-state index in [0.717, 1.165) is 0 Å². The molecule has 0 aliphatic carbocycles. The molecule has 0 unspecified atom stereocenters. The van der Waals surface area contributed by atoms with E-state index in [1.807, 2.05) is 0 Å². The van der Waals surface area contributed by atoms with Crippen LogP contribution in [0.2, 0.25) is 0 Å². The molecule has 0 fully saturated rings. The second-order valence-electron chi connectivity index (χ2n) is 2.80. The number of hydroxylamine groups is 2. The third-order valence-corrected chi connectivity index (χ3v) is 1.11. The summed E-state index contributed by atoms with van der Waals surface area (Å²) in [6.07, 6.45) is 0.407. The molecule has 0 heterocycles. The largest absolute Gasteiger partial charge is 0.762 e. The topological polar surface area (TPSA) is 55.8 Å². The van der Waals surface area contributed by atoms with Crippen LogP contribution < -0.4 is 0 Å². The van der Waals surface area contributed by atoms with Crippen LogP contribution in [-0.4, -0.2) is 29.6 Å². The molecule has 0 rings (SSSR count). The molecule has 0 amide bonds. The predicted molar refractivity (Wildman–Crippen MR) is 38.0 cm³/mol. The highest BCUT2D eigenvalue weighted by molar-refractivity contribution is 4.65. The van der Waals surface area contributed by atoms with Gasteiger partial charge in [0.25, 0.3) is 0 Å². The first kappa shape index (κ1) is 9.84. The van der Waals surface area contributed by atoms with Crippen molar-refractivity contribution in [2.75, 3.05) is 13.7 Å². The molecule has 0 aromatic rings. The van der Waals surface area contributed by atoms with Gasteiger partial charge >= 0.3 is 0 Å². The van der Waals surface area contributed by atoms with Gasteiger partial charge in [0.1, 0.15) is 0 Å². The fourth-order valence-corrected chi connectivity index (χ4v) is 0.456. The molecule has 62 valence electrons. The van der Waals surface area contributed by atoms with Crippen molar-refractivity contribution in [3.63, 3.8) is 0 Å². The number of hydrogen-bond acceptors (Lipinski definition) is 4. The summed E-state index contributed by atoms with van der Waals surface area (Å²) >= 11 is 0. The summed E-state index contributed by atoms with van der Waals surface area (Å²) in [6, 6.07) is 0. The third kappa shape index (κ3) is 5.97. The van der Waals surface area contributed by atoms with Crippen molar-refractivity contribution in [3.8, 4) is 0 Å². The van der Waals surface area contributed by atoms with Crippen LogP contribution in [0.4, 0.5) is 0 Å². The molecular formula is C6H14NO3-. The zero-order valence-electron chi connectivity index (χ0n) is 6.63. The van der Waals surface area contributed by atoms with Gasteiger partial charge in [-0.1, -0.05) is 0 Å². The second-order valence-corrected chi connectivity index (χ2v) is 2.80. The smallest absolute Gasteiger partial charge is 0.0604 e. The van der Waals surface area contributed by atoms with Gasteiger partial charge in [-0.2, -0.15) is 0 Å². The van der Waals surface area contributed by atoms with Crippen molar-refractivity contribution in [2.24, 2.45) is 0 Å². The maximum Gasteiger partial charge on any atom is 0.0604 e. The van der Waals surface area contributed by atoms with Crippen molar-refractivity contribution in [2.45, 2.75) is 25.9 Å². The standard InChI is InChI=1S/C6H14NO3/c1-6(2,8)4-5-7(9)10-3/h8H,4-5H2,1-3H3/q-1. The maximum atomic E-state index is 10.4. The predicted octanol–water partition coefficient (Wildman–Crippen LogP) is 0.509. The molecule has 0 aromatic carbocycles. The number of rotatable bonds is 4. The Morgan fingerprint density at radius 3 is 2.40 bits per heavy atom. The van der Waals surface area contributed by atoms with Crippen LogP contribution in [-0.2, 0) is 4.84 Å². The SMILES string of the molecule is CON([O-])CCC(C)(C)O. The lowest BCUT2D eigenvalue weighted by Crippen LogP contribution is -2.26. The summed E-state index contributed by atoms with van der Waals surface area (Å²) in [5.74, 6) is 0. The lowest BCUT2D eigenvalue weighted by molar-refractivity contribution is -0.0986. The second kappa shape index (κ2) is 3.88. The van der Waals surface area contributed by atoms with Crippen molar-refractivity contribution in [3.05, 3.63) is 5.21 Å². The summed E-state index contributed by atoms with van der Waals surface area (Å²) < 4.78 is 0. The Balaban J connectivity index is 3.36. The lowest BCUT2D eigenvalue weighted by atomic mass is 10.1. The Morgan fingerprint density at radius 2 is 2.10 bits per heavy atom. The molecule has 4 heteroatoms. The minimum atomic E-state index is -0.790. The fourth-order valence-electron chi connectivity index (χ4n) is 0.456. The fraction of sp³-hybridized carbons (Fsp3) is 1.00. The van der Waals surface area contributed by atoms with Crippen molar-refractivity contribution in [1.29, 1.82) is 0 Å². The Morgan fingerprint density at radius 1 is 1.60 bits per heavy atom. The van der Waals surface area contributed by atoms with Crippen molar-refractivity contribution < 1.29 is 9.94 Å². The summed E-state index contributed by atoms with van der Waals surface area (Å²) in [6.45, 7) is 3.49. The Bertz CT molecular complexity index is 89.5. The van der Waals surface area contributed by atoms with E-state index in [4.69, 9.17) is 5.11 Å². The molecule has 4 nitrogen and oxygen atoms in total. The lowest BCUT2D eigenvalue weighted by Gasteiger charge is -2.27. The van der Waals surface area contributed by atoms with Crippen molar-refractivity contribution in [1.82, 2.24) is 5.23 Å². The van der Waals surface area contributed by atoms with E-state index in [2.05, 4.69) is 4.84 Å². The first-order valence-corrected chi connectivity index (χ1v) is 3.17. The van der Waals surface area contributed by atoms with Gasteiger partial charge in [0.05, 0.1) is 12.7 Å². The van der Waals surface area contributed by atoms with Gasteiger partial charge in [0.2, 0.25) is 0 Å². The maximum absolute atomic E-state index is 10.4. The molecule has 0 saturated heterocycles. The van der Waals surface area contributed by atoms with Crippen LogP contribution in [0.5, 0.6) is 0 Å². The quantitative estimate of drug-likeness (QED) is 0.590. The van der Waals surface area contributed by atoms with Crippen LogP contribution in [0.15, 0.2) is 0 Å².